The molecule has 0 saturated carbocycles. The highest BCUT2D eigenvalue weighted by Crippen LogP contribution is 2.36. The van der Waals surface area contributed by atoms with Gasteiger partial charge in [0.2, 0.25) is 0 Å². The Morgan fingerprint density at radius 2 is 2.04 bits per heavy atom. The maximum atomic E-state index is 11.1. The quantitative estimate of drug-likeness (QED) is 0.587. The molecule has 6 heteroatoms. The van der Waals surface area contributed by atoms with E-state index in [4.69, 9.17) is 9.47 Å². The number of hydrogen-bond acceptors (Lipinski definition) is 5. The molecule has 0 radical (unpaired) electrons. The Hall–Kier alpha value is -2.60. The number of benzene rings is 2. The lowest BCUT2D eigenvalue weighted by atomic mass is 10.0. The van der Waals surface area contributed by atoms with Crippen molar-refractivity contribution >= 4 is 5.69 Å². The summed E-state index contributed by atoms with van der Waals surface area (Å²) in [6, 6.07) is 13.1. The molecule has 1 heterocycles. The largest absolute Gasteiger partial charge is 0.497 e. The maximum Gasteiger partial charge on any atom is 0.270 e. The van der Waals surface area contributed by atoms with Gasteiger partial charge in [0.05, 0.1) is 19.1 Å². The number of nitro groups is 1. The minimum atomic E-state index is -0.369. The van der Waals surface area contributed by atoms with Crippen molar-refractivity contribution in [2.45, 2.75) is 25.4 Å². The third-order valence-corrected chi connectivity index (χ3v) is 4.69. The van der Waals surface area contributed by atoms with E-state index in [2.05, 4.69) is 17.0 Å². The number of methoxy groups -OCH3 is 2. The van der Waals surface area contributed by atoms with E-state index in [1.54, 1.807) is 26.4 Å². The summed E-state index contributed by atoms with van der Waals surface area (Å²) < 4.78 is 10.7. The van der Waals surface area contributed by atoms with Crippen molar-refractivity contribution in [1.29, 1.82) is 0 Å². The molecule has 2 aromatic carbocycles. The molecular formula is C19H22N2O4. The highest BCUT2D eigenvalue weighted by molar-refractivity contribution is 5.44. The first-order valence-electron chi connectivity index (χ1n) is 8.31. The van der Waals surface area contributed by atoms with Crippen LogP contribution in [0.5, 0.6) is 11.5 Å². The van der Waals surface area contributed by atoms with Gasteiger partial charge in [-0.2, -0.15) is 0 Å². The van der Waals surface area contributed by atoms with Gasteiger partial charge in [-0.1, -0.05) is 12.1 Å². The number of hydrogen-bond donors (Lipinski definition) is 0. The molecule has 1 aliphatic heterocycles. The van der Waals surface area contributed by atoms with Crippen molar-refractivity contribution in [2.24, 2.45) is 0 Å². The number of rotatable bonds is 6. The molecule has 1 aliphatic rings. The van der Waals surface area contributed by atoms with Gasteiger partial charge in [-0.05, 0) is 43.1 Å². The van der Waals surface area contributed by atoms with E-state index in [1.807, 2.05) is 12.1 Å². The first-order valence-corrected chi connectivity index (χ1v) is 8.31. The van der Waals surface area contributed by atoms with Gasteiger partial charge in [-0.15, -0.1) is 0 Å². The van der Waals surface area contributed by atoms with Gasteiger partial charge in [0, 0.05) is 30.3 Å². The van der Waals surface area contributed by atoms with Crippen molar-refractivity contribution in [3.63, 3.8) is 0 Å². The molecule has 1 saturated heterocycles. The molecule has 2 aromatic rings. The van der Waals surface area contributed by atoms with E-state index in [9.17, 15) is 10.1 Å². The fraction of sp³-hybridized carbons (Fsp3) is 0.368. The summed E-state index contributed by atoms with van der Waals surface area (Å²) in [7, 11) is 3.26. The second kappa shape index (κ2) is 7.53. The molecule has 1 atom stereocenters. The third-order valence-electron chi connectivity index (χ3n) is 4.69. The summed E-state index contributed by atoms with van der Waals surface area (Å²) in [6.07, 6.45) is 2.16. The molecule has 0 bridgehead atoms. The summed E-state index contributed by atoms with van der Waals surface area (Å²) in [4.78, 5) is 13.1. The average molecular weight is 342 g/mol. The summed E-state index contributed by atoms with van der Waals surface area (Å²) in [5, 5.41) is 11.1. The molecule has 0 aromatic heterocycles. The van der Waals surface area contributed by atoms with Crippen LogP contribution >= 0.6 is 0 Å². The van der Waals surface area contributed by atoms with Crippen LogP contribution in [0.15, 0.2) is 42.5 Å². The smallest absolute Gasteiger partial charge is 0.270 e. The van der Waals surface area contributed by atoms with Crippen LogP contribution in [-0.2, 0) is 6.54 Å². The zero-order chi connectivity index (χ0) is 17.8. The first-order chi connectivity index (χ1) is 12.1. The molecule has 0 amide bonds. The van der Waals surface area contributed by atoms with Crippen molar-refractivity contribution in [3.05, 3.63) is 63.7 Å². The highest BCUT2D eigenvalue weighted by atomic mass is 16.6. The Morgan fingerprint density at radius 1 is 1.20 bits per heavy atom. The maximum absolute atomic E-state index is 11.1. The fourth-order valence-corrected chi connectivity index (χ4v) is 3.46. The van der Waals surface area contributed by atoms with E-state index in [-0.39, 0.29) is 16.7 Å². The standard InChI is InChI=1S/C19H22N2O4/c1-24-17-6-3-5-14(12-17)18-7-4-10-20(18)13-15-11-16(21(22)23)8-9-19(15)25-2/h3,5-6,8-9,11-12,18H,4,7,10,13H2,1-2H3. The van der Waals surface area contributed by atoms with Crippen LogP contribution in [0.4, 0.5) is 5.69 Å². The molecule has 132 valence electrons. The van der Waals surface area contributed by atoms with Crippen LogP contribution < -0.4 is 9.47 Å². The third kappa shape index (κ3) is 3.74. The van der Waals surface area contributed by atoms with E-state index in [0.29, 0.717) is 12.3 Å². The summed E-state index contributed by atoms with van der Waals surface area (Å²) in [5.41, 5.74) is 2.14. The first kappa shape index (κ1) is 17.2. The van der Waals surface area contributed by atoms with E-state index in [0.717, 1.165) is 30.7 Å². The number of non-ortho nitro benzene ring substituents is 1. The minimum absolute atomic E-state index is 0.0907. The summed E-state index contributed by atoms with van der Waals surface area (Å²) >= 11 is 0. The monoisotopic (exact) mass is 342 g/mol. The average Bonchev–Trinajstić information content (AvgIpc) is 3.09. The van der Waals surface area contributed by atoms with Gasteiger partial charge in [0.25, 0.3) is 5.69 Å². The summed E-state index contributed by atoms with van der Waals surface area (Å²) in [6.45, 7) is 1.57. The van der Waals surface area contributed by atoms with E-state index in [1.165, 1.54) is 11.6 Å². The highest BCUT2D eigenvalue weighted by Gasteiger charge is 2.27. The zero-order valence-corrected chi connectivity index (χ0v) is 14.5. The minimum Gasteiger partial charge on any atom is -0.497 e. The van der Waals surface area contributed by atoms with Crippen LogP contribution in [0.2, 0.25) is 0 Å². The van der Waals surface area contributed by atoms with Crippen molar-refractivity contribution in [2.75, 3.05) is 20.8 Å². The lowest BCUT2D eigenvalue weighted by molar-refractivity contribution is -0.385. The number of likely N-dealkylation sites (tertiary alicyclic amines) is 1. The van der Waals surface area contributed by atoms with Crippen LogP contribution in [-0.4, -0.2) is 30.6 Å². The van der Waals surface area contributed by atoms with Crippen LogP contribution in [0.3, 0.4) is 0 Å². The Labute approximate surface area is 147 Å². The normalized spacial score (nSPS) is 17.4. The van der Waals surface area contributed by atoms with Crippen LogP contribution in [0.1, 0.15) is 30.0 Å². The SMILES string of the molecule is COc1cccc(C2CCCN2Cc2cc([N+](=O)[O-])ccc2OC)c1. The number of ether oxygens (including phenoxy) is 2. The second-order valence-corrected chi connectivity index (χ2v) is 6.16. The van der Waals surface area contributed by atoms with Gasteiger partial charge in [-0.25, -0.2) is 0 Å². The summed E-state index contributed by atoms with van der Waals surface area (Å²) in [5.74, 6) is 1.53. The molecule has 0 N–H and O–H groups in total. The fourth-order valence-electron chi connectivity index (χ4n) is 3.46. The lowest BCUT2D eigenvalue weighted by Gasteiger charge is -2.25. The van der Waals surface area contributed by atoms with Gasteiger partial charge in [0.15, 0.2) is 0 Å². The lowest BCUT2D eigenvalue weighted by Crippen LogP contribution is -2.23. The molecule has 1 fully saturated rings. The van der Waals surface area contributed by atoms with Crippen LogP contribution in [0.25, 0.3) is 0 Å². The Morgan fingerprint density at radius 3 is 2.76 bits per heavy atom. The van der Waals surface area contributed by atoms with Gasteiger partial charge in [-0.3, -0.25) is 15.0 Å². The van der Waals surface area contributed by atoms with Gasteiger partial charge in [0.1, 0.15) is 11.5 Å². The molecular weight excluding hydrogens is 320 g/mol. The van der Waals surface area contributed by atoms with E-state index >= 15 is 0 Å². The molecule has 1 unspecified atom stereocenters. The van der Waals surface area contributed by atoms with Crippen molar-refractivity contribution in [1.82, 2.24) is 4.90 Å². The Bertz CT molecular complexity index is 763. The predicted molar refractivity (Wildman–Crippen MR) is 95.0 cm³/mol. The van der Waals surface area contributed by atoms with Crippen molar-refractivity contribution in [3.8, 4) is 11.5 Å². The Balaban J connectivity index is 1.86. The number of nitro benzene ring substituents is 1. The molecule has 25 heavy (non-hydrogen) atoms. The molecule has 0 spiro atoms. The number of nitrogens with zero attached hydrogens (tertiary/aromatic N) is 2. The second-order valence-electron chi connectivity index (χ2n) is 6.16. The molecule has 0 aliphatic carbocycles. The Kier molecular flexibility index (Phi) is 5.19. The van der Waals surface area contributed by atoms with Gasteiger partial charge < -0.3 is 9.47 Å². The van der Waals surface area contributed by atoms with Crippen LogP contribution in [0, 0.1) is 10.1 Å². The van der Waals surface area contributed by atoms with Gasteiger partial charge >= 0.3 is 0 Å². The van der Waals surface area contributed by atoms with Crippen molar-refractivity contribution < 1.29 is 14.4 Å². The molecule has 3 rings (SSSR count). The topological polar surface area (TPSA) is 64.8 Å². The van der Waals surface area contributed by atoms with E-state index < -0.39 is 0 Å². The zero-order valence-electron chi connectivity index (χ0n) is 14.5. The predicted octanol–water partition coefficient (Wildman–Crippen LogP) is 3.95. The molecule has 6 nitrogen and oxygen atoms in total.